The Morgan fingerprint density at radius 3 is 2.16 bits per heavy atom. The fourth-order valence-electron chi connectivity index (χ4n) is 5.68. The molecule has 2 atom stereocenters. The molecule has 0 aliphatic carbocycles. The summed E-state index contributed by atoms with van der Waals surface area (Å²) in [5.41, 5.74) is -2.75. The van der Waals surface area contributed by atoms with E-state index in [1.54, 1.807) is 4.90 Å². The van der Waals surface area contributed by atoms with Crippen LogP contribution in [0.25, 0.3) is 0 Å². The molecule has 2 aliphatic rings. The van der Waals surface area contributed by atoms with E-state index in [2.05, 4.69) is 15.0 Å². The molecule has 4 heterocycles. The summed E-state index contributed by atoms with van der Waals surface area (Å²) in [6.45, 7) is 3.06. The standard InChI is InChI=1S/C28H29BClF6N7O/c1-2-20-10-21(15-42(20)24-23(30)13-39-26(40-24)41-5-3-22(44)4-6-41)43(25-37-11-19(29)12-38-25)14-16-7-17(27(31,32)33)9-18(8-16)28(34,35)36/h7-9,11-13,20-22,44H,2-6,10,14-15H2,1H3/t20-,21+/m1/s1. The van der Waals surface area contributed by atoms with Crippen LogP contribution in [-0.4, -0.2) is 70.7 Å². The second kappa shape index (κ2) is 12.6. The zero-order valence-corrected chi connectivity index (χ0v) is 24.4. The molecule has 8 nitrogen and oxygen atoms in total. The van der Waals surface area contributed by atoms with Crippen LogP contribution in [0.2, 0.25) is 5.02 Å². The summed E-state index contributed by atoms with van der Waals surface area (Å²) < 4.78 is 81.8. The average Bonchev–Trinajstić information content (AvgIpc) is 3.40. The number of aromatic nitrogens is 4. The molecule has 2 aliphatic heterocycles. The zero-order chi connectivity index (χ0) is 31.8. The fraction of sp³-hybridized carbons (Fsp3) is 0.500. The van der Waals surface area contributed by atoms with E-state index < -0.39 is 29.5 Å². The number of benzene rings is 1. The SMILES string of the molecule is [B]c1cnc(N(Cc2cc(C(F)(F)F)cc(C(F)(F)F)c2)[C@H]2C[C@@H](CC)N(c3nc(N4CCC(O)CC4)ncc3Cl)C2)nc1. The van der Waals surface area contributed by atoms with Gasteiger partial charge in [0.2, 0.25) is 11.9 Å². The highest BCUT2D eigenvalue weighted by atomic mass is 35.5. The largest absolute Gasteiger partial charge is 0.416 e. The highest BCUT2D eigenvalue weighted by Crippen LogP contribution is 2.39. The third kappa shape index (κ3) is 7.14. The first-order chi connectivity index (χ1) is 20.7. The third-order valence-corrected chi connectivity index (χ3v) is 8.22. The van der Waals surface area contributed by atoms with E-state index in [-0.39, 0.29) is 48.3 Å². The summed E-state index contributed by atoms with van der Waals surface area (Å²) in [7, 11) is 5.76. The van der Waals surface area contributed by atoms with Gasteiger partial charge in [-0.3, -0.25) is 0 Å². The van der Waals surface area contributed by atoms with Crippen LogP contribution >= 0.6 is 11.6 Å². The lowest BCUT2D eigenvalue weighted by molar-refractivity contribution is -0.143. The Morgan fingerprint density at radius 1 is 0.977 bits per heavy atom. The summed E-state index contributed by atoms with van der Waals surface area (Å²) in [6, 6.07) is 0.980. The quantitative estimate of drug-likeness (QED) is 0.293. The molecule has 0 unspecified atom stereocenters. The van der Waals surface area contributed by atoms with Gasteiger partial charge in [0.15, 0.2) is 5.82 Å². The Morgan fingerprint density at radius 2 is 1.59 bits per heavy atom. The molecule has 2 aromatic heterocycles. The van der Waals surface area contributed by atoms with E-state index in [9.17, 15) is 31.4 Å². The van der Waals surface area contributed by atoms with E-state index in [1.165, 1.54) is 18.6 Å². The molecule has 3 aromatic rings. The lowest BCUT2D eigenvalue weighted by Crippen LogP contribution is -2.39. The number of halogens is 7. The highest BCUT2D eigenvalue weighted by Gasteiger charge is 2.40. The molecule has 2 radical (unpaired) electrons. The van der Waals surface area contributed by atoms with Gasteiger partial charge in [0, 0.05) is 44.6 Å². The topological polar surface area (TPSA) is 81.5 Å². The lowest BCUT2D eigenvalue weighted by atomic mass is 10.0. The third-order valence-electron chi connectivity index (χ3n) is 7.95. The molecular weight excluding hydrogens is 611 g/mol. The van der Waals surface area contributed by atoms with Gasteiger partial charge in [-0.2, -0.15) is 31.3 Å². The first-order valence-electron chi connectivity index (χ1n) is 14.1. The number of piperidine rings is 1. The second-order valence-corrected chi connectivity index (χ2v) is 11.4. The Labute approximate surface area is 256 Å². The van der Waals surface area contributed by atoms with Crippen LogP contribution < -0.4 is 20.2 Å². The van der Waals surface area contributed by atoms with Crippen molar-refractivity contribution in [1.29, 1.82) is 0 Å². The van der Waals surface area contributed by atoms with Gasteiger partial charge in [-0.15, -0.1) is 0 Å². The number of aliphatic hydroxyl groups excluding tert-OH is 1. The molecule has 0 bridgehead atoms. The van der Waals surface area contributed by atoms with Gasteiger partial charge in [0.05, 0.1) is 29.5 Å². The molecule has 2 fully saturated rings. The van der Waals surface area contributed by atoms with Crippen molar-refractivity contribution in [3.63, 3.8) is 0 Å². The maximum atomic E-state index is 13.6. The molecule has 0 saturated carbocycles. The Balaban J connectivity index is 1.50. The predicted molar refractivity (Wildman–Crippen MR) is 154 cm³/mol. The fourth-order valence-corrected chi connectivity index (χ4v) is 5.88. The van der Waals surface area contributed by atoms with Gasteiger partial charge in [0.25, 0.3) is 0 Å². The minimum absolute atomic E-state index is 0.105. The molecular formula is C28H29BClF6N7O. The first-order valence-corrected chi connectivity index (χ1v) is 14.5. The minimum atomic E-state index is -4.98. The summed E-state index contributed by atoms with van der Waals surface area (Å²) >= 11 is 6.58. The van der Waals surface area contributed by atoms with Crippen LogP contribution in [0.5, 0.6) is 0 Å². The second-order valence-electron chi connectivity index (χ2n) is 11.0. The van der Waals surface area contributed by atoms with Crippen molar-refractivity contribution >= 4 is 42.6 Å². The molecule has 234 valence electrons. The van der Waals surface area contributed by atoms with Gasteiger partial charge in [-0.1, -0.05) is 24.0 Å². The molecule has 2 saturated heterocycles. The van der Waals surface area contributed by atoms with Gasteiger partial charge < -0.3 is 19.8 Å². The number of anilines is 3. The number of rotatable bonds is 7. The number of aliphatic hydroxyl groups is 1. The van der Waals surface area contributed by atoms with Crippen molar-refractivity contribution in [3.8, 4) is 0 Å². The van der Waals surface area contributed by atoms with Crippen LogP contribution in [0.1, 0.15) is 49.3 Å². The van der Waals surface area contributed by atoms with E-state index in [0.29, 0.717) is 67.7 Å². The molecule has 0 spiro atoms. The lowest BCUT2D eigenvalue weighted by Gasteiger charge is -2.32. The van der Waals surface area contributed by atoms with Crippen molar-refractivity contribution in [2.75, 3.05) is 34.3 Å². The molecule has 1 aromatic carbocycles. The van der Waals surface area contributed by atoms with E-state index >= 15 is 0 Å². The molecule has 5 rings (SSSR count). The maximum absolute atomic E-state index is 13.6. The van der Waals surface area contributed by atoms with Crippen LogP contribution in [0.3, 0.4) is 0 Å². The summed E-state index contributed by atoms with van der Waals surface area (Å²) in [5, 5.41) is 10.2. The van der Waals surface area contributed by atoms with Crippen LogP contribution in [0.15, 0.2) is 36.8 Å². The van der Waals surface area contributed by atoms with Crippen LogP contribution in [-0.2, 0) is 18.9 Å². The highest BCUT2D eigenvalue weighted by molar-refractivity contribution is 6.33. The number of alkyl halides is 6. The van der Waals surface area contributed by atoms with Crippen molar-refractivity contribution in [2.24, 2.45) is 0 Å². The average molecular weight is 640 g/mol. The van der Waals surface area contributed by atoms with E-state index in [1.807, 2.05) is 16.7 Å². The summed E-state index contributed by atoms with van der Waals surface area (Å²) in [6.07, 6.45) is -3.90. The normalized spacial score (nSPS) is 19.9. The Kier molecular flexibility index (Phi) is 9.17. The van der Waals surface area contributed by atoms with Crippen molar-refractivity contribution in [1.82, 2.24) is 19.9 Å². The van der Waals surface area contributed by atoms with E-state index in [4.69, 9.17) is 24.4 Å². The summed E-state index contributed by atoms with van der Waals surface area (Å²) in [5.74, 6) is 1.03. The minimum Gasteiger partial charge on any atom is -0.393 e. The first kappa shape index (κ1) is 32.1. The maximum Gasteiger partial charge on any atom is 0.416 e. The molecule has 16 heteroatoms. The number of hydrogen-bond acceptors (Lipinski definition) is 8. The van der Waals surface area contributed by atoms with E-state index in [0.717, 1.165) is 0 Å². The Bertz CT molecular complexity index is 1420. The van der Waals surface area contributed by atoms with Gasteiger partial charge in [-0.25, -0.2) is 15.0 Å². The Hall–Kier alpha value is -3.33. The zero-order valence-electron chi connectivity index (χ0n) is 23.7. The number of nitrogens with zero attached hydrogens (tertiary/aromatic N) is 7. The van der Waals surface area contributed by atoms with Crippen LogP contribution in [0, 0.1) is 0 Å². The van der Waals surface area contributed by atoms with Crippen molar-refractivity contribution in [2.45, 2.75) is 69.7 Å². The van der Waals surface area contributed by atoms with Gasteiger partial charge in [-0.05, 0) is 49.4 Å². The van der Waals surface area contributed by atoms with Gasteiger partial charge >= 0.3 is 12.4 Å². The smallest absolute Gasteiger partial charge is 0.393 e. The van der Waals surface area contributed by atoms with Crippen LogP contribution in [0.4, 0.5) is 44.1 Å². The molecule has 1 N–H and O–H groups in total. The summed E-state index contributed by atoms with van der Waals surface area (Å²) in [4.78, 5) is 23.2. The number of hydrogen-bond donors (Lipinski definition) is 1. The van der Waals surface area contributed by atoms with Crippen molar-refractivity contribution in [3.05, 3.63) is 58.5 Å². The van der Waals surface area contributed by atoms with Crippen molar-refractivity contribution < 1.29 is 31.4 Å². The van der Waals surface area contributed by atoms with Gasteiger partial charge in [0.1, 0.15) is 12.9 Å². The molecule has 44 heavy (non-hydrogen) atoms. The molecule has 0 amide bonds. The predicted octanol–water partition coefficient (Wildman–Crippen LogP) is 4.78. The monoisotopic (exact) mass is 639 g/mol.